The van der Waals surface area contributed by atoms with Gasteiger partial charge in [0.1, 0.15) is 0 Å². The van der Waals surface area contributed by atoms with E-state index in [9.17, 15) is 14.8 Å². The maximum atomic E-state index is 12.5. The number of carbonyl (C=O) groups excluding carboxylic acids is 2. The van der Waals surface area contributed by atoms with E-state index in [2.05, 4.69) is 16.4 Å². The number of pyridine rings is 1. The first-order valence-corrected chi connectivity index (χ1v) is 10.6. The molecular weight excluding hydrogens is 418 g/mol. The van der Waals surface area contributed by atoms with Gasteiger partial charge in [-0.1, -0.05) is 24.3 Å². The molecule has 0 unspecified atom stereocenters. The van der Waals surface area contributed by atoms with Crippen molar-refractivity contribution in [3.63, 3.8) is 0 Å². The zero-order chi connectivity index (χ0) is 23.2. The predicted molar refractivity (Wildman–Crippen MR) is 122 cm³/mol. The van der Waals surface area contributed by atoms with Crippen LogP contribution in [0, 0.1) is 11.3 Å². The van der Waals surface area contributed by atoms with Crippen LogP contribution in [0.3, 0.4) is 0 Å². The second-order valence-electron chi connectivity index (χ2n) is 7.81. The molecule has 0 bridgehead atoms. The Bertz CT molecular complexity index is 1170. The zero-order valence-electron chi connectivity index (χ0n) is 17.9. The van der Waals surface area contributed by atoms with Crippen molar-refractivity contribution in [2.45, 2.75) is 18.9 Å². The van der Waals surface area contributed by atoms with E-state index in [0.717, 1.165) is 16.2 Å². The first-order valence-electron chi connectivity index (χ1n) is 10.6. The van der Waals surface area contributed by atoms with Gasteiger partial charge in [0.05, 0.1) is 23.2 Å². The monoisotopic (exact) mass is 441 g/mol. The summed E-state index contributed by atoms with van der Waals surface area (Å²) < 4.78 is 0. The lowest BCUT2D eigenvalue weighted by molar-refractivity contribution is -0.0859. The molecule has 0 aliphatic carbocycles. The van der Waals surface area contributed by atoms with Gasteiger partial charge >= 0.3 is 6.03 Å². The van der Waals surface area contributed by atoms with Gasteiger partial charge in [-0.05, 0) is 60.4 Å². The van der Waals surface area contributed by atoms with E-state index in [0.29, 0.717) is 42.7 Å². The largest absolute Gasteiger partial charge is 0.345 e. The number of aromatic nitrogens is 1. The molecule has 2 heterocycles. The van der Waals surface area contributed by atoms with Crippen LogP contribution in [0.5, 0.6) is 0 Å². The van der Waals surface area contributed by atoms with Crippen molar-refractivity contribution in [1.82, 2.24) is 14.9 Å². The van der Waals surface area contributed by atoms with Gasteiger partial charge in [-0.2, -0.15) is 5.26 Å². The number of anilines is 1. The number of carbonyl (C=O) groups is 2. The Morgan fingerprint density at radius 3 is 2.48 bits per heavy atom. The van der Waals surface area contributed by atoms with Gasteiger partial charge in [-0.15, -0.1) is 0 Å². The van der Waals surface area contributed by atoms with E-state index < -0.39 is 6.03 Å². The number of piperidine rings is 1. The van der Waals surface area contributed by atoms with Crippen molar-refractivity contribution < 1.29 is 14.8 Å². The number of likely N-dealkylation sites (tertiary alicyclic amines) is 1. The second-order valence-corrected chi connectivity index (χ2v) is 7.81. The standard InChI is InChI=1S/C25H23N5O3/c26-16-18-3-1-4-20(15-18)19-6-8-22(9-7-19)28-25(32)30(33)23-10-13-29(14-11-23)24(31)21-5-2-12-27-17-21/h1-9,12,15,17,23,33H,10-11,13-14H2,(H,28,32). The van der Waals surface area contributed by atoms with Crippen LogP contribution in [0.2, 0.25) is 0 Å². The van der Waals surface area contributed by atoms with E-state index in [1.165, 1.54) is 6.20 Å². The molecule has 4 rings (SSSR count). The number of benzene rings is 2. The Hall–Kier alpha value is -4.22. The summed E-state index contributed by atoms with van der Waals surface area (Å²) in [5, 5.41) is 22.9. The third-order valence-electron chi connectivity index (χ3n) is 5.68. The fraction of sp³-hybridized carbons (Fsp3) is 0.200. The van der Waals surface area contributed by atoms with Gasteiger partial charge in [0, 0.05) is 31.2 Å². The molecule has 0 spiro atoms. The van der Waals surface area contributed by atoms with Crippen molar-refractivity contribution >= 4 is 17.6 Å². The third kappa shape index (κ3) is 5.17. The molecule has 166 valence electrons. The summed E-state index contributed by atoms with van der Waals surface area (Å²) in [5.74, 6) is -0.101. The number of nitrogens with zero attached hydrogens (tertiary/aromatic N) is 4. The molecule has 1 saturated heterocycles. The van der Waals surface area contributed by atoms with Crippen LogP contribution >= 0.6 is 0 Å². The first kappa shape index (κ1) is 22.0. The van der Waals surface area contributed by atoms with Crippen molar-refractivity contribution in [3.8, 4) is 17.2 Å². The Morgan fingerprint density at radius 1 is 1.06 bits per heavy atom. The Morgan fingerprint density at radius 2 is 1.82 bits per heavy atom. The molecule has 1 fully saturated rings. The van der Waals surface area contributed by atoms with Crippen molar-refractivity contribution in [3.05, 3.63) is 84.2 Å². The fourth-order valence-electron chi connectivity index (χ4n) is 3.85. The summed E-state index contributed by atoms with van der Waals surface area (Å²) in [7, 11) is 0. The molecule has 1 aliphatic heterocycles. The summed E-state index contributed by atoms with van der Waals surface area (Å²) in [6.45, 7) is 0.887. The average Bonchev–Trinajstić information content (AvgIpc) is 2.89. The average molecular weight is 441 g/mol. The molecule has 0 radical (unpaired) electrons. The highest BCUT2D eigenvalue weighted by molar-refractivity contribution is 5.94. The predicted octanol–water partition coefficient (Wildman–Crippen LogP) is 4.15. The van der Waals surface area contributed by atoms with Gasteiger partial charge in [-0.25, -0.2) is 9.86 Å². The molecule has 2 N–H and O–H groups in total. The lowest BCUT2D eigenvalue weighted by Gasteiger charge is -2.35. The highest BCUT2D eigenvalue weighted by atomic mass is 16.5. The van der Waals surface area contributed by atoms with E-state index in [-0.39, 0.29) is 11.9 Å². The molecule has 2 aromatic carbocycles. The molecule has 3 aromatic rings. The minimum Gasteiger partial charge on any atom is -0.338 e. The van der Waals surface area contributed by atoms with Gasteiger partial charge < -0.3 is 10.2 Å². The van der Waals surface area contributed by atoms with Crippen LogP contribution in [0.4, 0.5) is 10.5 Å². The van der Waals surface area contributed by atoms with Gasteiger partial charge in [0.15, 0.2) is 0 Å². The number of nitriles is 1. The van der Waals surface area contributed by atoms with Crippen LogP contribution in [0.15, 0.2) is 73.1 Å². The first-order chi connectivity index (χ1) is 16.0. The van der Waals surface area contributed by atoms with Gasteiger partial charge in [-0.3, -0.25) is 15.0 Å². The van der Waals surface area contributed by atoms with Crippen molar-refractivity contribution in [1.29, 1.82) is 5.26 Å². The second kappa shape index (κ2) is 9.94. The van der Waals surface area contributed by atoms with E-state index in [1.807, 2.05) is 24.3 Å². The molecule has 1 aliphatic rings. The van der Waals surface area contributed by atoms with Crippen LogP contribution in [-0.4, -0.2) is 51.2 Å². The normalized spacial score (nSPS) is 13.8. The minimum absolute atomic E-state index is 0.101. The summed E-state index contributed by atoms with van der Waals surface area (Å²) in [4.78, 5) is 30.7. The number of hydroxylamine groups is 2. The molecule has 0 atom stereocenters. The maximum Gasteiger partial charge on any atom is 0.345 e. The number of urea groups is 1. The lowest BCUT2D eigenvalue weighted by atomic mass is 10.0. The highest BCUT2D eigenvalue weighted by Gasteiger charge is 2.29. The Kier molecular flexibility index (Phi) is 6.62. The smallest absolute Gasteiger partial charge is 0.338 e. The summed E-state index contributed by atoms with van der Waals surface area (Å²) in [5.41, 5.74) is 3.47. The number of rotatable bonds is 4. The Labute approximate surface area is 191 Å². The lowest BCUT2D eigenvalue weighted by Crippen LogP contribution is -2.48. The fourth-order valence-corrected chi connectivity index (χ4v) is 3.85. The summed E-state index contributed by atoms with van der Waals surface area (Å²) in [6, 6.07) is 19.0. The topological polar surface area (TPSA) is 110 Å². The molecule has 0 saturated carbocycles. The minimum atomic E-state index is -0.619. The summed E-state index contributed by atoms with van der Waals surface area (Å²) >= 11 is 0. The highest BCUT2D eigenvalue weighted by Crippen LogP contribution is 2.23. The third-order valence-corrected chi connectivity index (χ3v) is 5.68. The molecule has 1 aromatic heterocycles. The zero-order valence-corrected chi connectivity index (χ0v) is 17.9. The molecule has 8 heteroatoms. The van der Waals surface area contributed by atoms with E-state index >= 15 is 0 Å². The van der Waals surface area contributed by atoms with Crippen LogP contribution in [-0.2, 0) is 0 Å². The molecule has 8 nitrogen and oxygen atoms in total. The van der Waals surface area contributed by atoms with Crippen LogP contribution in [0.25, 0.3) is 11.1 Å². The molecular formula is C25H23N5O3. The van der Waals surface area contributed by atoms with Crippen molar-refractivity contribution in [2.24, 2.45) is 0 Å². The Balaban J connectivity index is 1.32. The number of amides is 3. The van der Waals surface area contributed by atoms with Crippen LogP contribution in [0.1, 0.15) is 28.8 Å². The SMILES string of the molecule is N#Cc1cccc(-c2ccc(NC(=O)N(O)C3CCN(C(=O)c4cccnc4)CC3)cc2)c1. The van der Waals surface area contributed by atoms with E-state index in [4.69, 9.17) is 5.26 Å². The molecule has 3 amide bonds. The summed E-state index contributed by atoms with van der Waals surface area (Å²) in [6.07, 6.45) is 4.10. The number of nitrogens with one attached hydrogen (secondary N) is 1. The quantitative estimate of drug-likeness (QED) is 0.467. The maximum absolute atomic E-state index is 12.5. The van der Waals surface area contributed by atoms with Gasteiger partial charge in [0.2, 0.25) is 0 Å². The van der Waals surface area contributed by atoms with Crippen molar-refractivity contribution in [2.75, 3.05) is 18.4 Å². The van der Waals surface area contributed by atoms with Gasteiger partial charge in [0.25, 0.3) is 5.91 Å². The van der Waals surface area contributed by atoms with E-state index in [1.54, 1.807) is 47.5 Å². The van der Waals surface area contributed by atoms with Crippen LogP contribution < -0.4 is 5.32 Å². The molecule has 33 heavy (non-hydrogen) atoms. The number of hydrogen-bond donors (Lipinski definition) is 2. The number of hydrogen-bond acceptors (Lipinski definition) is 5.